The summed E-state index contributed by atoms with van der Waals surface area (Å²) in [6.07, 6.45) is 4.38. The fraction of sp³-hybridized carbons (Fsp3) is 0.250. The van der Waals surface area contributed by atoms with E-state index in [-0.39, 0.29) is 12.1 Å². The van der Waals surface area contributed by atoms with Crippen LogP contribution in [-0.2, 0) is 13.0 Å². The van der Waals surface area contributed by atoms with Gasteiger partial charge in [0.1, 0.15) is 0 Å². The lowest BCUT2D eigenvalue weighted by atomic mass is 10.1. The van der Waals surface area contributed by atoms with Crippen molar-refractivity contribution in [3.8, 4) is 0 Å². The number of rotatable bonds is 2. The van der Waals surface area contributed by atoms with Gasteiger partial charge < -0.3 is 5.32 Å². The largest absolute Gasteiger partial charge is 0.334 e. The number of pyridine rings is 1. The summed E-state index contributed by atoms with van der Waals surface area (Å²) in [7, 11) is 0. The van der Waals surface area contributed by atoms with Gasteiger partial charge >= 0.3 is 6.03 Å². The first-order valence-corrected chi connectivity index (χ1v) is 6.79. The van der Waals surface area contributed by atoms with Gasteiger partial charge in [-0.15, -0.1) is 0 Å². The summed E-state index contributed by atoms with van der Waals surface area (Å²) in [6, 6.07) is 12.0. The summed E-state index contributed by atoms with van der Waals surface area (Å²) in [5, 5.41) is 2.97. The molecule has 0 spiro atoms. The van der Waals surface area contributed by atoms with Gasteiger partial charge in [-0.25, -0.2) is 4.79 Å². The Balaban J connectivity index is 1.71. The number of benzene rings is 1. The van der Waals surface area contributed by atoms with Crippen molar-refractivity contribution in [2.24, 2.45) is 0 Å². The van der Waals surface area contributed by atoms with Gasteiger partial charge in [0.2, 0.25) is 0 Å². The fourth-order valence-electron chi connectivity index (χ4n) is 2.64. The van der Waals surface area contributed by atoms with E-state index in [0.29, 0.717) is 6.54 Å². The predicted molar refractivity (Wildman–Crippen MR) is 78.6 cm³/mol. The molecule has 1 aliphatic rings. The van der Waals surface area contributed by atoms with Crippen molar-refractivity contribution in [1.82, 2.24) is 10.3 Å². The van der Waals surface area contributed by atoms with Crippen molar-refractivity contribution < 1.29 is 4.79 Å². The number of hydrogen-bond acceptors (Lipinski definition) is 2. The fourth-order valence-corrected chi connectivity index (χ4v) is 2.64. The molecule has 1 aromatic carbocycles. The molecule has 4 heteroatoms. The molecule has 3 rings (SSSR count). The maximum absolute atomic E-state index is 12.4. The Kier molecular flexibility index (Phi) is 3.37. The Labute approximate surface area is 118 Å². The van der Waals surface area contributed by atoms with Gasteiger partial charge in [0.05, 0.1) is 0 Å². The van der Waals surface area contributed by atoms with Crippen LogP contribution >= 0.6 is 0 Å². The second-order valence-corrected chi connectivity index (χ2v) is 5.07. The molecule has 1 N–H and O–H groups in total. The minimum absolute atomic E-state index is 0.0423. The zero-order valence-corrected chi connectivity index (χ0v) is 11.4. The van der Waals surface area contributed by atoms with E-state index in [4.69, 9.17) is 0 Å². The lowest BCUT2D eigenvalue weighted by molar-refractivity contribution is 0.244. The highest BCUT2D eigenvalue weighted by Crippen LogP contribution is 2.31. The quantitative estimate of drug-likeness (QED) is 0.909. The molecule has 0 saturated heterocycles. The molecule has 0 fully saturated rings. The number of nitrogens with one attached hydrogen (secondary N) is 1. The molecule has 4 nitrogen and oxygen atoms in total. The molecule has 1 aromatic heterocycles. The van der Waals surface area contributed by atoms with E-state index in [1.54, 1.807) is 12.4 Å². The van der Waals surface area contributed by atoms with Crippen LogP contribution in [0.1, 0.15) is 18.1 Å². The summed E-state index contributed by atoms with van der Waals surface area (Å²) >= 11 is 0. The van der Waals surface area contributed by atoms with Crippen LogP contribution in [0.4, 0.5) is 10.5 Å². The molecule has 2 aromatic rings. The zero-order chi connectivity index (χ0) is 13.9. The van der Waals surface area contributed by atoms with Crippen molar-refractivity contribution in [3.63, 3.8) is 0 Å². The van der Waals surface area contributed by atoms with Crippen LogP contribution in [-0.4, -0.2) is 17.1 Å². The highest BCUT2D eigenvalue weighted by Gasteiger charge is 2.30. The summed E-state index contributed by atoms with van der Waals surface area (Å²) in [4.78, 5) is 18.2. The molecule has 1 unspecified atom stereocenters. The molecule has 2 amide bonds. The molecule has 1 aliphatic heterocycles. The number of para-hydroxylation sites is 1. The molecule has 20 heavy (non-hydrogen) atoms. The number of hydrogen-bond donors (Lipinski definition) is 1. The second kappa shape index (κ2) is 5.33. The lowest BCUT2D eigenvalue weighted by Crippen LogP contribution is -2.42. The number of amides is 2. The standard InChI is InChI=1S/C16H17N3O/c1-12-10-14-4-2-3-5-15(14)19(12)16(20)18-11-13-6-8-17-9-7-13/h2-9,12H,10-11H2,1H3,(H,18,20). The average Bonchev–Trinajstić information content (AvgIpc) is 2.82. The first kappa shape index (κ1) is 12.7. The highest BCUT2D eigenvalue weighted by atomic mass is 16.2. The molecule has 1 atom stereocenters. The molecule has 0 aliphatic carbocycles. The Morgan fingerprint density at radius 1 is 1.30 bits per heavy atom. The minimum Gasteiger partial charge on any atom is -0.334 e. The molecular formula is C16H17N3O. The van der Waals surface area contributed by atoms with Gasteiger partial charge in [0.25, 0.3) is 0 Å². The first-order valence-electron chi connectivity index (χ1n) is 6.79. The highest BCUT2D eigenvalue weighted by molar-refractivity contribution is 5.94. The first-order chi connectivity index (χ1) is 9.75. The Bertz CT molecular complexity index is 612. The van der Waals surface area contributed by atoms with Gasteiger partial charge in [0.15, 0.2) is 0 Å². The van der Waals surface area contributed by atoms with Crippen LogP contribution < -0.4 is 10.2 Å². The summed E-state index contributed by atoms with van der Waals surface area (Å²) < 4.78 is 0. The van der Waals surface area contributed by atoms with Gasteiger partial charge in [-0.05, 0) is 42.7 Å². The normalized spacial score (nSPS) is 16.9. The number of fused-ring (bicyclic) bond motifs is 1. The SMILES string of the molecule is CC1Cc2ccccc2N1C(=O)NCc1ccncc1. The molecule has 0 saturated carbocycles. The summed E-state index contributed by atoms with van der Waals surface area (Å²) in [5.41, 5.74) is 3.31. The summed E-state index contributed by atoms with van der Waals surface area (Å²) in [6.45, 7) is 2.60. The molecule has 2 heterocycles. The van der Waals surface area contributed by atoms with Crippen LogP contribution in [0.15, 0.2) is 48.8 Å². The number of urea groups is 1. The number of carbonyl (C=O) groups is 1. The molecular weight excluding hydrogens is 250 g/mol. The zero-order valence-electron chi connectivity index (χ0n) is 11.4. The number of anilines is 1. The monoisotopic (exact) mass is 267 g/mol. The third kappa shape index (κ3) is 2.37. The van der Waals surface area contributed by atoms with Crippen LogP contribution in [0.2, 0.25) is 0 Å². The van der Waals surface area contributed by atoms with Crippen molar-refractivity contribution in [2.45, 2.75) is 25.9 Å². The minimum atomic E-state index is -0.0423. The van der Waals surface area contributed by atoms with E-state index in [1.807, 2.05) is 35.2 Å². The molecule has 102 valence electrons. The van der Waals surface area contributed by atoms with Gasteiger partial charge in [-0.3, -0.25) is 9.88 Å². The van der Waals surface area contributed by atoms with E-state index < -0.39 is 0 Å². The Hall–Kier alpha value is -2.36. The van der Waals surface area contributed by atoms with E-state index in [0.717, 1.165) is 17.7 Å². The lowest BCUT2D eigenvalue weighted by Gasteiger charge is -2.23. The number of nitrogens with zero attached hydrogens (tertiary/aromatic N) is 2. The van der Waals surface area contributed by atoms with Crippen molar-refractivity contribution >= 4 is 11.7 Å². The van der Waals surface area contributed by atoms with Crippen molar-refractivity contribution in [1.29, 1.82) is 0 Å². The van der Waals surface area contributed by atoms with Crippen molar-refractivity contribution in [2.75, 3.05) is 4.90 Å². The van der Waals surface area contributed by atoms with Crippen LogP contribution in [0.5, 0.6) is 0 Å². The van der Waals surface area contributed by atoms with E-state index in [2.05, 4.69) is 23.3 Å². The van der Waals surface area contributed by atoms with Crippen LogP contribution in [0.25, 0.3) is 0 Å². The number of aromatic nitrogens is 1. The average molecular weight is 267 g/mol. The van der Waals surface area contributed by atoms with Crippen LogP contribution in [0, 0.1) is 0 Å². The van der Waals surface area contributed by atoms with E-state index in [9.17, 15) is 4.79 Å². The predicted octanol–water partition coefficient (Wildman–Crippen LogP) is 2.74. The van der Waals surface area contributed by atoms with E-state index in [1.165, 1.54) is 5.56 Å². The van der Waals surface area contributed by atoms with Gasteiger partial charge in [-0.2, -0.15) is 0 Å². The summed E-state index contributed by atoms with van der Waals surface area (Å²) in [5.74, 6) is 0. The number of carbonyl (C=O) groups excluding carboxylic acids is 1. The van der Waals surface area contributed by atoms with Gasteiger partial charge in [0, 0.05) is 30.7 Å². The second-order valence-electron chi connectivity index (χ2n) is 5.07. The smallest absolute Gasteiger partial charge is 0.322 e. The maximum atomic E-state index is 12.4. The Morgan fingerprint density at radius 2 is 2.05 bits per heavy atom. The topological polar surface area (TPSA) is 45.2 Å². The third-order valence-corrected chi connectivity index (χ3v) is 3.62. The molecule has 0 bridgehead atoms. The van der Waals surface area contributed by atoms with Crippen LogP contribution in [0.3, 0.4) is 0 Å². The van der Waals surface area contributed by atoms with E-state index >= 15 is 0 Å². The molecule has 0 radical (unpaired) electrons. The Morgan fingerprint density at radius 3 is 2.85 bits per heavy atom. The third-order valence-electron chi connectivity index (χ3n) is 3.62. The van der Waals surface area contributed by atoms with Crippen molar-refractivity contribution in [3.05, 3.63) is 59.9 Å². The maximum Gasteiger partial charge on any atom is 0.322 e. The van der Waals surface area contributed by atoms with Gasteiger partial charge in [-0.1, -0.05) is 18.2 Å².